The van der Waals surface area contributed by atoms with E-state index in [2.05, 4.69) is 20.3 Å². The van der Waals surface area contributed by atoms with Crippen LogP contribution in [-0.4, -0.2) is 24.8 Å². The first-order chi connectivity index (χ1) is 7.34. The number of aromatic amines is 1. The minimum Gasteiger partial charge on any atom is -0.367 e. The number of nitrogens with one attached hydrogen (secondary N) is 1. The molecule has 3 heterocycles. The molecule has 0 aliphatic heterocycles. The Morgan fingerprint density at radius 3 is 3.13 bits per heavy atom. The summed E-state index contributed by atoms with van der Waals surface area (Å²) in [5, 5.41) is 10.7. The third-order valence-electron chi connectivity index (χ3n) is 2.18. The predicted octanol–water partition coefficient (Wildman–Crippen LogP) is 0.702. The van der Waals surface area contributed by atoms with Crippen LogP contribution in [-0.2, 0) is 0 Å². The lowest BCUT2D eigenvalue weighted by Crippen LogP contribution is -2.02. The summed E-state index contributed by atoms with van der Waals surface area (Å²) in [4.78, 5) is 4.20. The number of nitrogen functional groups attached to an aromatic ring is 1. The fourth-order valence-electron chi connectivity index (χ4n) is 1.54. The lowest BCUT2D eigenvalue weighted by atomic mass is 10.2. The molecule has 74 valence electrons. The fourth-order valence-corrected chi connectivity index (χ4v) is 1.54. The van der Waals surface area contributed by atoms with Gasteiger partial charge in [0.05, 0.1) is 11.7 Å². The van der Waals surface area contributed by atoms with E-state index in [1.54, 1.807) is 16.9 Å². The zero-order valence-electron chi connectivity index (χ0n) is 7.75. The first-order valence-corrected chi connectivity index (χ1v) is 4.44. The lowest BCUT2D eigenvalue weighted by molar-refractivity contribution is 0.920. The summed E-state index contributed by atoms with van der Waals surface area (Å²) >= 11 is 0. The van der Waals surface area contributed by atoms with Crippen LogP contribution in [0, 0.1) is 0 Å². The summed E-state index contributed by atoms with van der Waals surface area (Å²) in [7, 11) is 0. The highest BCUT2D eigenvalue weighted by molar-refractivity contribution is 5.76. The Morgan fingerprint density at radius 1 is 1.40 bits per heavy atom. The van der Waals surface area contributed by atoms with E-state index < -0.39 is 0 Å². The monoisotopic (exact) mass is 200 g/mol. The van der Waals surface area contributed by atoms with Gasteiger partial charge in [0, 0.05) is 18.0 Å². The molecule has 0 aliphatic carbocycles. The number of hydrogen-bond donors (Lipinski definition) is 2. The largest absolute Gasteiger partial charge is 0.367 e. The van der Waals surface area contributed by atoms with Gasteiger partial charge in [0.15, 0.2) is 0 Å². The van der Waals surface area contributed by atoms with Crippen LogP contribution in [0.25, 0.3) is 16.8 Å². The summed E-state index contributed by atoms with van der Waals surface area (Å²) in [6, 6.07) is 3.83. The molecule has 15 heavy (non-hydrogen) atoms. The maximum atomic E-state index is 5.62. The van der Waals surface area contributed by atoms with E-state index in [9.17, 15) is 0 Å². The van der Waals surface area contributed by atoms with Crippen molar-refractivity contribution < 1.29 is 0 Å². The van der Waals surface area contributed by atoms with Gasteiger partial charge in [-0.1, -0.05) is 0 Å². The lowest BCUT2D eigenvalue weighted by Gasteiger charge is -2.01. The molecular weight excluding hydrogens is 192 g/mol. The van der Waals surface area contributed by atoms with Crippen molar-refractivity contribution in [2.45, 2.75) is 0 Å². The molecular formula is C9H8N6. The minimum atomic E-state index is 0.245. The van der Waals surface area contributed by atoms with Gasteiger partial charge in [-0.15, -0.1) is 5.10 Å². The van der Waals surface area contributed by atoms with Gasteiger partial charge in [-0.05, 0) is 12.1 Å². The molecule has 0 fully saturated rings. The Balaban J connectivity index is 2.38. The van der Waals surface area contributed by atoms with Crippen molar-refractivity contribution in [2.75, 3.05) is 5.73 Å². The Hall–Kier alpha value is -2.37. The SMILES string of the molecule is Nc1nc(-c2cn[nH]c2)c2cccn2n1. The topological polar surface area (TPSA) is 84.9 Å². The van der Waals surface area contributed by atoms with Crippen molar-refractivity contribution >= 4 is 11.5 Å². The van der Waals surface area contributed by atoms with Gasteiger partial charge in [0.25, 0.3) is 0 Å². The highest BCUT2D eigenvalue weighted by atomic mass is 15.3. The van der Waals surface area contributed by atoms with Crippen LogP contribution in [0.2, 0.25) is 0 Å². The number of H-pyrrole nitrogens is 1. The Bertz CT molecular complexity index is 594. The van der Waals surface area contributed by atoms with Crippen LogP contribution in [0.5, 0.6) is 0 Å². The van der Waals surface area contributed by atoms with Crippen LogP contribution in [0.3, 0.4) is 0 Å². The molecule has 0 spiro atoms. The molecule has 0 radical (unpaired) electrons. The third-order valence-corrected chi connectivity index (χ3v) is 2.18. The molecule has 0 saturated heterocycles. The molecule has 3 rings (SSSR count). The predicted molar refractivity (Wildman–Crippen MR) is 55.0 cm³/mol. The molecule has 0 amide bonds. The van der Waals surface area contributed by atoms with E-state index in [1.807, 2.05) is 18.3 Å². The number of anilines is 1. The molecule has 6 heteroatoms. The Kier molecular flexibility index (Phi) is 1.49. The highest BCUT2D eigenvalue weighted by Gasteiger charge is 2.08. The number of fused-ring (bicyclic) bond motifs is 1. The van der Waals surface area contributed by atoms with Gasteiger partial charge in [-0.3, -0.25) is 5.10 Å². The molecule has 3 aromatic heterocycles. The minimum absolute atomic E-state index is 0.245. The normalized spacial score (nSPS) is 10.9. The van der Waals surface area contributed by atoms with Crippen LogP contribution in [0.15, 0.2) is 30.7 Å². The van der Waals surface area contributed by atoms with E-state index in [0.717, 1.165) is 16.8 Å². The number of nitrogens with zero attached hydrogens (tertiary/aromatic N) is 4. The first-order valence-electron chi connectivity index (χ1n) is 4.44. The fraction of sp³-hybridized carbons (Fsp3) is 0. The molecule has 3 aromatic rings. The van der Waals surface area contributed by atoms with E-state index >= 15 is 0 Å². The number of nitrogens with two attached hydrogens (primary N) is 1. The summed E-state index contributed by atoms with van der Waals surface area (Å²) in [6.45, 7) is 0. The molecule has 0 bridgehead atoms. The van der Waals surface area contributed by atoms with Gasteiger partial charge in [-0.25, -0.2) is 9.50 Å². The quantitative estimate of drug-likeness (QED) is 0.605. The van der Waals surface area contributed by atoms with Gasteiger partial charge >= 0.3 is 0 Å². The zero-order valence-corrected chi connectivity index (χ0v) is 7.75. The molecule has 0 unspecified atom stereocenters. The molecule has 6 nitrogen and oxygen atoms in total. The highest BCUT2D eigenvalue weighted by Crippen LogP contribution is 2.21. The second kappa shape index (κ2) is 2.81. The molecule has 3 N–H and O–H groups in total. The molecule has 0 saturated carbocycles. The maximum absolute atomic E-state index is 5.62. The number of hydrogen-bond acceptors (Lipinski definition) is 4. The van der Waals surface area contributed by atoms with Crippen molar-refractivity contribution in [3.05, 3.63) is 30.7 Å². The average molecular weight is 200 g/mol. The maximum Gasteiger partial charge on any atom is 0.238 e. The van der Waals surface area contributed by atoms with Crippen LogP contribution in [0.1, 0.15) is 0 Å². The van der Waals surface area contributed by atoms with Crippen molar-refractivity contribution in [2.24, 2.45) is 0 Å². The Labute approximate surface area is 84.8 Å². The van der Waals surface area contributed by atoms with Crippen molar-refractivity contribution in [1.82, 2.24) is 24.8 Å². The van der Waals surface area contributed by atoms with Gasteiger partial charge in [0.1, 0.15) is 5.69 Å². The van der Waals surface area contributed by atoms with Crippen molar-refractivity contribution in [3.63, 3.8) is 0 Å². The van der Waals surface area contributed by atoms with Crippen molar-refractivity contribution in [1.29, 1.82) is 0 Å². The molecule has 0 aliphatic rings. The van der Waals surface area contributed by atoms with E-state index in [1.165, 1.54) is 0 Å². The summed E-state index contributed by atoms with van der Waals surface area (Å²) in [6.07, 6.45) is 5.31. The third kappa shape index (κ3) is 1.15. The van der Waals surface area contributed by atoms with Crippen LogP contribution in [0.4, 0.5) is 5.95 Å². The summed E-state index contributed by atoms with van der Waals surface area (Å²) in [5.41, 5.74) is 8.20. The molecule has 0 atom stereocenters. The van der Waals surface area contributed by atoms with Crippen LogP contribution >= 0.6 is 0 Å². The molecule has 0 aromatic carbocycles. The van der Waals surface area contributed by atoms with Gasteiger partial charge < -0.3 is 5.73 Å². The van der Waals surface area contributed by atoms with E-state index in [0.29, 0.717) is 0 Å². The summed E-state index contributed by atoms with van der Waals surface area (Å²) in [5.74, 6) is 0.245. The number of rotatable bonds is 1. The second-order valence-electron chi connectivity index (χ2n) is 3.14. The average Bonchev–Trinajstić information content (AvgIpc) is 2.86. The Morgan fingerprint density at radius 2 is 2.33 bits per heavy atom. The first kappa shape index (κ1) is 7.98. The number of aromatic nitrogens is 5. The van der Waals surface area contributed by atoms with Crippen LogP contribution < -0.4 is 5.73 Å². The van der Waals surface area contributed by atoms with Gasteiger partial charge in [0.2, 0.25) is 5.95 Å². The second-order valence-corrected chi connectivity index (χ2v) is 3.14. The summed E-state index contributed by atoms with van der Waals surface area (Å²) < 4.78 is 1.70. The standard InChI is InChI=1S/C9H8N6/c10-9-13-8(6-4-11-12-5-6)7-2-1-3-15(7)14-9/h1-5H,(H2,10,14)(H,11,12). The van der Waals surface area contributed by atoms with E-state index in [4.69, 9.17) is 5.73 Å². The zero-order chi connectivity index (χ0) is 10.3. The van der Waals surface area contributed by atoms with Gasteiger partial charge in [-0.2, -0.15) is 5.10 Å². The smallest absolute Gasteiger partial charge is 0.238 e. The van der Waals surface area contributed by atoms with Crippen molar-refractivity contribution in [3.8, 4) is 11.3 Å². The van der Waals surface area contributed by atoms with E-state index in [-0.39, 0.29) is 5.95 Å².